The van der Waals surface area contributed by atoms with Gasteiger partial charge >= 0.3 is 0 Å². The summed E-state index contributed by atoms with van der Waals surface area (Å²) in [5.41, 5.74) is 2.74. The molecule has 0 aliphatic rings. The molecule has 0 saturated heterocycles. The van der Waals surface area contributed by atoms with Crippen molar-refractivity contribution in [2.45, 2.75) is 16.2 Å². The number of hydrogen-bond acceptors (Lipinski definition) is 5. The van der Waals surface area contributed by atoms with E-state index in [0.29, 0.717) is 5.69 Å². The topological polar surface area (TPSA) is 84.5 Å². The minimum atomic E-state index is -3.61. The van der Waals surface area contributed by atoms with Crippen molar-refractivity contribution in [2.75, 3.05) is 10.5 Å². The molecule has 3 aromatic rings. The zero-order valence-corrected chi connectivity index (χ0v) is 16.8. The summed E-state index contributed by atoms with van der Waals surface area (Å²) < 4.78 is 27.9. The van der Waals surface area contributed by atoms with Crippen LogP contribution in [0.25, 0.3) is 0 Å². The molecule has 0 fully saturated rings. The van der Waals surface area contributed by atoms with Crippen molar-refractivity contribution in [3.63, 3.8) is 0 Å². The third-order valence-electron chi connectivity index (χ3n) is 4.04. The van der Waals surface area contributed by atoms with Gasteiger partial charge in [0, 0.05) is 10.6 Å². The van der Waals surface area contributed by atoms with Crippen LogP contribution in [-0.4, -0.2) is 20.4 Å². The number of nitrogens with two attached hydrogens (primary N) is 1. The number of nitrogens with zero attached hydrogens (tertiary/aromatic N) is 1. The Morgan fingerprint density at radius 1 is 0.929 bits per heavy atom. The van der Waals surface area contributed by atoms with Crippen LogP contribution in [0.15, 0.2) is 93.8 Å². The normalized spacial score (nSPS) is 11.6. The first-order valence-electron chi connectivity index (χ1n) is 8.70. The zero-order chi connectivity index (χ0) is 19.8. The van der Waals surface area contributed by atoms with Crippen LogP contribution in [0, 0.1) is 0 Å². The Labute approximate surface area is 169 Å². The van der Waals surface area contributed by atoms with Crippen molar-refractivity contribution in [3.8, 4) is 0 Å². The lowest BCUT2D eigenvalue weighted by atomic mass is 10.1. The number of hydrogen-bond donors (Lipinski definition) is 2. The maximum atomic E-state index is 12.6. The van der Waals surface area contributed by atoms with E-state index in [1.54, 1.807) is 54.4 Å². The molecule has 0 radical (unpaired) electrons. The predicted molar refractivity (Wildman–Crippen MR) is 116 cm³/mol. The molecule has 0 atom stereocenters. The Morgan fingerprint density at radius 3 is 2.32 bits per heavy atom. The van der Waals surface area contributed by atoms with E-state index in [-0.39, 0.29) is 4.90 Å². The fraction of sp³-hybridized carbons (Fsp3) is 0.0952. The molecule has 5 nitrogen and oxygen atoms in total. The quantitative estimate of drug-likeness (QED) is 0.253. The number of anilines is 1. The van der Waals surface area contributed by atoms with E-state index in [0.717, 1.165) is 22.6 Å². The summed E-state index contributed by atoms with van der Waals surface area (Å²) in [5.74, 6) is 5.98. The van der Waals surface area contributed by atoms with E-state index < -0.39 is 10.0 Å². The fourth-order valence-corrected chi connectivity index (χ4v) is 4.79. The second-order valence-electron chi connectivity index (χ2n) is 6.03. The van der Waals surface area contributed by atoms with Gasteiger partial charge in [0.15, 0.2) is 0 Å². The van der Waals surface area contributed by atoms with Crippen molar-refractivity contribution in [3.05, 3.63) is 90.0 Å². The van der Waals surface area contributed by atoms with Crippen molar-refractivity contribution in [1.82, 2.24) is 0 Å². The Morgan fingerprint density at radius 2 is 1.61 bits per heavy atom. The van der Waals surface area contributed by atoms with Gasteiger partial charge in [0.25, 0.3) is 10.0 Å². The molecule has 3 N–H and O–H groups in total. The van der Waals surface area contributed by atoms with Crippen LogP contribution in [-0.2, 0) is 16.4 Å². The second-order valence-corrected chi connectivity index (χ2v) is 8.85. The molecule has 7 heteroatoms. The van der Waals surface area contributed by atoms with E-state index >= 15 is 0 Å². The fourth-order valence-electron chi connectivity index (χ4n) is 2.62. The average Bonchev–Trinajstić information content (AvgIpc) is 2.71. The maximum absolute atomic E-state index is 12.6. The van der Waals surface area contributed by atoms with Gasteiger partial charge in [-0.3, -0.25) is 4.72 Å². The van der Waals surface area contributed by atoms with Gasteiger partial charge < -0.3 is 5.84 Å². The number of benzene rings is 3. The smallest absolute Gasteiger partial charge is 0.261 e. The van der Waals surface area contributed by atoms with Crippen molar-refractivity contribution >= 4 is 33.7 Å². The van der Waals surface area contributed by atoms with Crippen molar-refractivity contribution < 1.29 is 8.42 Å². The molecule has 0 bridgehead atoms. The Balaban J connectivity index is 1.65. The molecule has 0 heterocycles. The van der Waals surface area contributed by atoms with Gasteiger partial charge in [-0.1, -0.05) is 54.6 Å². The van der Waals surface area contributed by atoms with Crippen LogP contribution in [0.2, 0.25) is 0 Å². The Bertz CT molecular complexity index is 1030. The van der Waals surface area contributed by atoms with Gasteiger partial charge in [-0.25, -0.2) is 8.42 Å². The van der Waals surface area contributed by atoms with E-state index in [9.17, 15) is 8.42 Å². The first-order valence-corrected chi connectivity index (χ1v) is 11.2. The monoisotopic (exact) mass is 411 g/mol. The summed E-state index contributed by atoms with van der Waals surface area (Å²) in [5, 5.41) is 3.51. The molecular formula is C21H21N3O2S2. The van der Waals surface area contributed by atoms with E-state index in [1.807, 2.05) is 42.5 Å². The van der Waals surface area contributed by atoms with E-state index in [2.05, 4.69) is 9.82 Å². The van der Waals surface area contributed by atoms with E-state index in [1.165, 1.54) is 5.56 Å². The highest BCUT2D eigenvalue weighted by atomic mass is 32.2. The average molecular weight is 412 g/mol. The minimum Gasteiger partial charge on any atom is -0.323 e. The molecule has 0 aliphatic carbocycles. The van der Waals surface area contributed by atoms with Crippen molar-refractivity contribution in [1.29, 1.82) is 0 Å². The molecule has 0 unspecified atom stereocenters. The highest BCUT2D eigenvalue weighted by Crippen LogP contribution is 2.29. The lowest BCUT2D eigenvalue weighted by Gasteiger charge is -2.12. The molecule has 0 amide bonds. The van der Waals surface area contributed by atoms with Crippen LogP contribution in [0.5, 0.6) is 0 Å². The zero-order valence-electron chi connectivity index (χ0n) is 15.2. The largest absolute Gasteiger partial charge is 0.323 e. The summed E-state index contributed by atoms with van der Waals surface area (Å²) in [7, 11) is -3.61. The van der Waals surface area contributed by atoms with Gasteiger partial charge in [-0.05, 0) is 41.8 Å². The minimum absolute atomic E-state index is 0.246. The lowest BCUT2D eigenvalue weighted by molar-refractivity contribution is 0.601. The molecule has 0 aliphatic heterocycles. The van der Waals surface area contributed by atoms with Crippen LogP contribution < -0.4 is 10.6 Å². The van der Waals surface area contributed by atoms with Crippen LogP contribution >= 0.6 is 11.8 Å². The summed E-state index contributed by atoms with van der Waals surface area (Å²) in [6.07, 6.45) is 2.47. The number of hydrazone groups is 1. The van der Waals surface area contributed by atoms with Crippen LogP contribution in [0.4, 0.5) is 5.69 Å². The Kier molecular flexibility index (Phi) is 6.73. The lowest BCUT2D eigenvalue weighted by Crippen LogP contribution is -2.13. The third kappa shape index (κ3) is 5.37. The molecule has 0 saturated carbocycles. The number of thioether (sulfide) groups is 1. The number of sulfonamides is 1. The molecule has 144 valence electrons. The summed E-state index contributed by atoms with van der Waals surface area (Å²) >= 11 is 1.62. The molecule has 28 heavy (non-hydrogen) atoms. The molecular weight excluding hydrogens is 390 g/mol. The molecule has 3 rings (SSSR count). The number of rotatable bonds is 8. The van der Waals surface area contributed by atoms with Gasteiger partial charge in [0.05, 0.1) is 16.8 Å². The van der Waals surface area contributed by atoms with Crippen LogP contribution in [0.3, 0.4) is 0 Å². The number of nitrogens with one attached hydrogen (secondary N) is 1. The number of para-hydroxylation sites is 1. The summed E-state index contributed by atoms with van der Waals surface area (Å²) in [6.45, 7) is 0. The van der Waals surface area contributed by atoms with Gasteiger partial charge in [-0.15, -0.1) is 11.8 Å². The predicted octanol–water partition coefficient (Wildman–Crippen LogP) is 4.11. The number of aryl methyl sites for hydroxylation is 1. The van der Waals surface area contributed by atoms with E-state index in [4.69, 9.17) is 5.84 Å². The summed E-state index contributed by atoms with van der Waals surface area (Å²) in [6, 6.07) is 23.8. The third-order valence-corrected chi connectivity index (χ3v) is 6.49. The second kappa shape index (κ2) is 9.43. The SMILES string of the molecule is N/N=C\c1ccc(CCSc2ccccc2NS(=O)(=O)c2ccccc2)cc1. The highest BCUT2D eigenvalue weighted by molar-refractivity contribution is 7.99. The molecule has 3 aromatic carbocycles. The first-order chi connectivity index (χ1) is 13.6. The van der Waals surface area contributed by atoms with Crippen LogP contribution in [0.1, 0.15) is 11.1 Å². The summed E-state index contributed by atoms with van der Waals surface area (Å²) in [4.78, 5) is 1.14. The Hall–Kier alpha value is -2.77. The standard InChI is InChI=1S/C21H21N3O2S2/c22-23-16-18-12-10-17(11-13-18)14-15-27-21-9-5-4-8-20(21)24-28(25,26)19-6-2-1-3-7-19/h1-13,16,24H,14-15,22H2/b23-16-. The highest BCUT2D eigenvalue weighted by Gasteiger charge is 2.15. The van der Waals surface area contributed by atoms with Gasteiger partial charge in [0.1, 0.15) is 0 Å². The molecule has 0 aromatic heterocycles. The van der Waals surface area contributed by atoms with Gasteiger partial charge in [0.2, 0.25) is 0 Å². The molecule has 0 spiro atoms. The first kappa shape index (κ1) is 20.0. The van der Waals surface area contributed by atoms with Gasteiger partial charge in [-0.2, -0.15) is 5.10 Å². The van der Waals surface area contributed by atoms with Crippen molar-refractivity contribution in [2.24, 2.45) is 10.9 Å². The maximum Gasteiger partial charge on any atom is 0.261 e.